The normalized spacial score (nSPS) is 12.0. The molecule has 0 bridgehead atoms. The molecule has 144 valence electrons. The third kappa shape index (κ3) is 3.65. The summed E-state index contributed by atoms with van der Waals surface area (Å²) >= 11 is 18.9. The van der Waals surface area contributed by atoms with E-state index in [-0.39, 0.29) is 49.8 Å². The topological polar surface area (TPSA) is 108 Å². The first-order chi connectivity index (χ1) is 13.4. The van der Waals surface area contributed by atoms with E-state index in [0.29, 0.717) is 0 Å². The van der Waals surface area contributed by atoms with Gasteiger partial charge >= 0.3 is 0 Å². The SMILES string of the molecule is N#Cc1cc(=O)c2c(OCC(O)CO)ncc(Cl)c2n1-c1c(Cl)cccc1Cl. The summed E-state index contributed by atoms with van der Waals surface area (Å²) in [6.45, 7) is -0.823. The highest BCUT2D eigenvalue weighted by atomic mass is 35.5. The fourth-order valence-electron chi connectivity index (χ4n) is 2.64. The summed E-state index contributed by atoms with van der Waals surface area (Å²) in [6, 6.07) is 7.83. The van der Waals surface area contributed by atoms with Gasteiger partial charge in [0.15, 0.2) is 5.43 Å². The highest BCUT2D eigenvalue weighted by Crippen LogP contribution is 2.35. The fourth-order valence-corrected chi connectivity index (χ4v) is 3.43. The molecule has 1 aromatic carbocycles. The molecule has 28 heavy (non-hydrogen) atoms. The lowest BCUT2D eigenvalue weighted by molar-refractivity contribution is 0.0526. The molecule has 0 saturated carbocycles. The number of hydrogen-bond acceptors (Lipinski definition) is 6. The van der Waals surface area contributed by atoms with Gasteiger partial charge in [0.05, 0.1) is 39.1 Å². The molecule has 1 atom stereocenters. The summed E-state index contributed by atoms with van der Waals surface area (Å²) in [6.07, 6.45) is 0.0815. The number of pyridine rings is 2. The minimum absolute atomic E-state index is 0.0207. The number of hydrogen-bond donors (Lipinski definition) is 2. The second-order valence-electron chi connectivity index (χ2n) is 5.69. The Labute approximate surface area is 173 Å². The van der Waals surface area contributed by atoms with Crippen molar-refractivity contribution < 1.29 is 14.9 Å². The monoisotopic (exact) mass is 439 g/mol. The molecular weight excluding hydrogens is 429 g/mol. The Hall–Kier alpha value is -2.34. The van der Waals surface area contributed by atoms with Gasteiger partial charge in [-0.2, -0.15) is 5.26 Å². The molecule has 2 heterocycles. The van der Waals surface area contributed by atoms with Crippen molar-refractivity contribution in [3.63, 3.8) is 0 Å². The lowest BCUT2D eigenvalue weighted by Crippen LogP contribution is -2.22. The molecule has 0 aliphatic rings. The Morgan fingerprint density at radius 3 is 2.54 bits per heavy atom. The predicted octanol–water partition coefficient (Wildman–Crippen LogP) is 2.95. The highest BCUT2D eigenvalue weighted by molar-refractivity contribution is 6.38. The highest BCUT2D eigenvalue weighted by Gasteiger charge is 2.21. The Balaban J connectivity index is 2.40. The average molecular weight is 441 g/mol. The minimum Gasteiger partial charge on any atom is -0.474 e. The number of rotatable bonds is 5. The number of fused-ring (bicyclic) bond motifs is 1. The van der Waals surface area contributed by atoms with Crippen LogP contribution in [0.4, 0.5) is 0 Å². The fraction of sp³-hybridized carbons (Fsp3) is 0.167. The number of nitrogens with zero attached hydrogens (tertiary/aromatic N) is 3. The van der Waals surface area contributed by atoms with Crippen LogP contribution in [0.5, 0.6) is 5.88 Å². The lowest BCUT2D eigenvalue weighted by Gasteiger charge is -2.18. The minimum atomic E-state index is -1.16. The molecule has 0 amide bonds. The zero-order valence-corrected chi connectivity index (χ0v) is 16.3. The zero-order valence-electron chi connectivity index (χ0n) is 14.1. The second kappa shape index (κ2) is 8.35. The van der Waals surface area contributed by atoms with E-state index < -0.39 is 18.1 Å². The van der Waals surface area contributed by atoms with Gasteiger partial charge in [-0.1, -0.05) is 40.9 Å². The van der Waals surface area contributed by atoms with Crippen LogP contribution in [0.25, 0.3) is 16.6 Å². The Bertz CT molecular complexity index is 1140. The van der Waals surface area contributed by atoms with Gasteiger partial charge in [-0.05, 0) is 12.1 Å². The summed E-state index contributed by atoms with van der Waals surface area (Å²) in [5.74, 6) is -0.113. The van der Waals surface area contributed by atoms with Crippen LogP contribution in [-0.4, -0.2) is 39.1 Å². The van der Waals surface area contributed by atoms with Gasteiger partial charge in [0.1, 0.15) is 29.9 Å². The summed E-state index contributed by atoms with van der Waals surface area (Å²) < 4.78 is 6.75. The maximum Gasteiger partial charge on any atom is 0.227 e. The molecular formula is C18H12Cl3N3O4. The molecule has 2 N–H and O–H groups in total. The molecule has 0 fully saturated rings. The molecule has 2 aromatic heterocycles. The van der Waals surface area contributed by atoms with E-state index in [0.717, 1.165) is 6.07 Å². The van der Waals surface area contributed by atoms with Gasteiger partial charge in [0, 0.05) is 6.07 Å². The quantitative estimate of drug-likeness (QED) is 0.631. The van der Waals surface area contributed by atoms with E-state index in [2.05, 4.69) is 4.98 Å². The van der Waals surface area contributed by atoms with Gasteiger partial charge in [0.2, 0.25) is 5.88 Å². The van der Waals surface area contributed by atoms with Crippen molar-refractivity contribution in [1.29, 1.82) is 5.26 Å². The van der Waals surface area contributed by atoms with E-state index in [1.807, 2.05) is 6.07 Å². The third-order valence-electron chi connectivity index (χ3n) is 3.85. The van der Waals surface area contributed by atoms with Gasteiger partial charge < -0.3 is 14.9 Å². The number of aliphatic hydroxyl groups excluding tert-OH is 2. The summed E-state index contributed by atoms with van der Waals surface area (Å²) in [4.78, 5) is 16.7. The van der Waals surface area contributed by atoms with Gasteiger partial charge in [0.25, 0.3) is 0 Å². The van der Waals surface area contributed by atoms with Gasteiger partial charge in [-0.3, -0.25) is 9.36 Å². The smallest absolute Gasteiger partial charge is 0.227 e. The first kappa shape index (κ1) is 20.4. The van der Waals surface area contributed by atoms with Crippen LogP contribution in [0.15, 0.2) is 35.3 Å². The van der Waals surface area contributed by atoms with Gasteiger partial charge in [-0.25, -0.2) is 4.98 Å². The molecule has 0 saturated heterocycles. The summed E-state index contributed by atoms with van der Waals surface area (Å²) in [5.41, 5.74) is -0.206. The third-order valence-corrected chi connectivity index (χ3v) is 4.74. The lowest BCUT2D eigenvalue weighted by atomic mass is 10.2. The average Bonchev–Trinajstić information content (AvgIpc) is 2.68. The van der Waals surface area contributed by atoms with E-state index in [9.17, 15) is 15.2 Å². The van der Waals surface area contributed by atoms with Crippen LogP contribution in [-0.2, 0) is 0 Å². The van der Waals surface area contributed by atoms with E-state index >= 15 is 0 Å². The van der Waals surface area contributed by atoms with Crippen LogP contribution < -0.4 is 10.2 Å². The molecule has 0 aliphatic carbocycles. The van der Waals surface area contributed by atoms with E-state index in [1.54, 1.807) is 18.2 Å². The zero-order chi connectivity index (χ0) is 20.4. The van der Waals surface area contributed by atoms with Crippen LogP contribution in [0.1, 0.15) is 5.69 Å². The number of benzene rings is 1. The number of aromatic nitrogens is 2. The van der Waals surface area contributed by atoms with E-state index in [1.165, 1.54) is 10.8 Å². The molecule has 3 rings (SSSR count). The molecule has 10 heteroatoms. The van der Waals surface area contributed by atoms with Crippen molar-refractivity contribution in [1.82, 2.24) is 9.55 Å². The van der Waals surface area contributed by atoms with Crippen LogP contribution >= 0.6 is 34.8 Å². The largest absolute Gasteiger partial charge is 0.474 e. The van der Waals surface area contributed by atoms with Crippen LogP contribution in [0.2, 0.25) is 15.1 Å². The molecule has 7 nitrogen and oxygen atoms in total. The second-order valence-corrected chi connectivity index (χ2v) is 6.92. The van der Waals surface area contributed by atoms with Crippen molar-refractivity contribution in [3.05, 3.63) is 61.4 Å². The summed E-state index contributed by atoms with van der Waals surface area (Å²) in [5, 5.41) is 28.5. The standard InChI is InChI=1S/C18H12Cl3N3O4/c19-11-2-1-3-12(20)16(11)24-9(5-22)4-14(27)15-17(24)13(21)6-23-18(15)28-8-10(26)7-25/h1-4,6,10,25-26H,7-8H2. The maximum atomic E-state index is 12.7. The first-order valence-electron chi connectivity index (χ1n) is 7.89. The van der Waals surface area contributed by atoms with E-state index in [4.69, 9.17) is 44.6 Å². The Morgan fingerprint density at radius 1 is 1.25 bits per heavy atom. The molecule has 0 spiro atoms. The molecule has 3 aromatic rings. The van der Waals surface area contributed by atoms with Crippen molar-refractivity contribution in [2.45, 2.75) is 6.10 Å². The molecule has 0 radical (unpaired) electrons. The number of aliphatic hydroxyl groups is 2. The summed E-state index contributed by atoms with van der Waals surface area (Å²) in [7, 11) is 0. The number of ether oxygens (including phenoxy) is 1. The Kier molecular flexibility index (Phi) is 6.08. The van der Waals surface area contributed by atoms with Gasteiger partial charge in [-0.15, -0.1) is 0 Å². The van der Waals surface area contributed by atoms with Crippen molar-refractivity contribution in [2.24, 2.45) is 0 Å². The van der Waals surface area contributed by atoms with Crippen LogP contribution in [0, 0.1) is 11.3 Å². The molecule has 1 unspecified atom stereocenters. The Morgan fingerprint density at radius 2 is 1.93 bits per heavy atom. The number of nitriles is 1. The maximum absolute atomic E-state index is 12.7. The molecule has 0 aliphatic heterocycles. The van der Waals surface area contributed by atoms with Crippen molar-refractivity contribution in [3.8, 4) is 17.6 Å². The van der Waals surface area contributed by atoms with Crippen molar-refractivity contribution in [2.75, 3.05) is 13.2 Å². The predicted molar refractivity (Wildman–Crippen MR) is 106 cm³/mol. The van der Waals surface area contributed by atoms with Crippen molar-refractivity contribution >= 4 is 45.7 Å². The number of para-hydroxylation sites is 1. The van der Waals surface area contributed by atoms with Crippen LogP contribution in [0.3, 0.4) is 0 Å². The number of halogens is 3. The first-order valence-corrected chi connectivity index (χ1v) is 9.02.